The average molecular weight is 386 g/mol. The first-order chi connectivity index (χ1) is 13.0. The molecule has 4 amide bonds. The summed E-state index contributed by atoms with van der Waals surface area (Å²) in [5, 5.41) is 7.94. The Kier molecular flexibility index (Phi) is 5.85. The lowest BCUT2D eigenvalue weighted by molar-refractivity contribution is -0.120. The Hall–Kier alpha value is -2.74. The summed E-state index contributed by atoms with van der Waals surface area (Å²) in [7, 11) is 0. The van der Waals surface area contributed by atoms with Crippen LogP contribution in [0.5, 0.6) is 0 Å². The van der Waals surface area contributed by atoms with Gasteiger partial charge >= 0.3 is 6.03 Å². The zero-order chi connectivity index (χ0) is 19.4. The average Bonchev–Trinajstić information content (AvgIpc) is 3.15. The second-order valence-corrected chi connectivity index (χ2v) is 7.68. The molecule has 0 radical (unpaired) electrons. The van der Waals surface area contributed by atoms with E-state index >= 15 is 0 Å². The second kappa shape index (κ2) is 8.30. The molecule has 1 aromatic heterocycles. The molecule has 2 aromatic rings. The Balaban J connectivity index is 1.59. The highest BCUT2D eigenvalue weighted by molar-refractivity contribution is 7.16. The van der Waals surface area contributed by atoms with E-state index in [1.807, 2.05) is 6.92 Å². The molecule has 0 unspecified atom stereocenters. The predicted molar refractivity (Wildman–Crippen MR) is 105 cm³/mol. The number of aryl methyl sites for hydroxylation is 2. The summed E-state index contributed by atoms with van der Waals surface area (Å²) in [6.07, 6.45) is 2.53. The molecule has 1 aliphatic heterocycles. The van der Waals surface area contributed by atoms with Crippen molar-refractivity contribution in [3.05, 3.63) is 34.7 Å². The van der Waals surface area contributed by atoms with Gasteiger partial charge in [-0.05, 0) is 25.3 Å². The van der Waals surface area contributed by atoms with E-state index in [-0.39, 0.29) is 18.7 Å². The fourth-order valence-corrected chi connectivity index (χ4v) is 3.81. The zero-order valence-corrected chi connectivity index (χ0v) is 16.1. The highest BCUT2D eigenvalue weighted by Crippen LogP contribution is 2.30. The Morgan fingerprint density at radius 3 is 2.63 bits per heavy atom. The topological polar surface area (TPSA) is 100 Å². The summed E-state index contributed by atoms with van der Waals surface area (Å²) in [6.45, 7) is 4.13. The number of aromatic nitrogens is 1. The van der Waals surface area contributed by atoms with Gasteiger partial charge in [-0.3, -0.25) is 14.9 Å². The maximum Gasteiger partial charge on any atom is 0.322 e. The number of imide groups is 1. The third kappa shape index (κ3) is 4.71. The number of nitrogens with one attached hydrogen (secondary N) is 3. The molecule has 3 rings (SSSR count). The maximum atomic E-state index is 12.1. The molecular weight excluding hydrogens is 364 g/mol. The highest BCUT2D eigenvalue weighted by atomic mass is 32.1. The van der Waals surface area contributed by atoms with Crippen LogP contribution >= 0.6 is 11.3 Å². The molecule has 0 bridgehead atoms. The Bertz CT molecular complexity index is 860. The molecule has 0 spiro atoms. The van der Waals surface area contributed by atoms with E-state index < -0.39 is 18.0 Å². The van der Waals surface area contributed by atoms with E-state index in [0.717, 1.165) is 29.0 Å². The van der Waals surface area contributed by atoms with Gasteiger partial charge < -0.3 is 10.6 Å². The number of benzene rings is 1. The van der Waals surface area contributed by atoms with Gasteiger partial charge in [-0.2, -0.15) is 0 Å². The molecular formula is C19H22N4O3S. The third-order valence-electron chi connectivity index (χ3n) is 4.33. The SMILES string of the molecule is CCCc1ccc(-c2nc(NC(=O)CC[C@H]3NC(=O)NC3=O)sc2C)cc1. The van der Waals surface area contributed by atoms with Gasteiger partial charge in [0.1, 0.15) is 6.04 Å². The molecule has 0 saturated carbocycles. The Morgan fingerprint density at radius 2 is 2.00 bits per heavy atom. The molecule has 142 valence electrons. The van der Waals surface area contributed by atoms with Crippen LogP contribution in [-0.4, -0.2) is 28.9 Å². The minimum absolute atomic E-state index is 0.123. The van der Waals surface area contributed by atoms with Crippen LogP contribution in [0.1, 0.15) is 36.6 Å². The predicted octanol–water partition coefficient (Wildman–Crippen LogP) is 3.00. The first kappa shape index (κ1) is 19.0. The van der Waals surface area contributed by atoms with Gasteiger partial charge in [0.25, 0.3) is 5.91 Å². The largest absolute Gasteiger partial charge is 0.326 e. The fourth-order valence-electron chi connectivity index (χ4n) is 2.96. The van der Waals surface area contributed by atoms with Gasteiger partial charge in [0.05, 0.1) is 5.69 Å². The quantitative estimate of drug-likeness (QED) is 0.637. The summed E-state index contributed by atoms with van der Waals surface area (Å²) < 4.78 is 0. The number of nitrogens with zero attached hydrogens (tertiary/aromatic N) is 1. The van der Waals surface area contributed by atoms with Crippen molar-refractivity contribution in [1.82, 2.24) is 15.6 Å². The van der Waals surface area contributed by atoms with Crippen molar-refractivity contribution < 1.29 is 14.4 Å². The summed E-state index contributed by atoms with van der Waals surface area (Å²) in [5.41, 5.74) is 3.18. The van der Waals surface area contributed by atoms with Gasteiger partial charge in [-0.25, -0.2) is 9.78 Å². The number of amides is 4. The lowest BCUT2D eigenvalue weighted by atomic mass is 10.1. The van der Waals surface area contributed by atoms with Crippen LogP contribution in [-0.2, 0) is 16.0 Å². The third-order valence-corrected chi connectivity index (χ3v) is 5.21. The lowest BCUT2D eigenvalue weighted by Crippen LogP contribution is -2.30. The second-order valence-electron chi connectivity index (χ2n) is 6.47. The van der Waals surface area contributed by atoms with Gasteiger partial charge in [-0.1, -0.05) is 37.6 Å². The monoisotopic (exact) mass is 386 g/mol. The van der Waals surface area contributed by atoms with Crippen molar-refractivity contribution in [3.63, 3.8) is 0 Å². The van der Waals surface area contributed by atoms with E-state index in [2.05, 4.69) is 52.1 Å². The number of urea groups is 1. The molecule has 1 aliphatic rings. The lowest BCUT2D eigenvalue weighted by Gasteiger charge is -2.06. The number of thiazole rings is 1. The van der Waals surface area contributed by atoms with Gasteiger partial charge in [0.15, 0.2) is 5.13 Å². The van der Waals surface area contributed by atoms with Crippen LogP contribution in [0, 0.1) is 6.92 Å². The molecule has 2 heterocycles. The van der Waals surface area contributed by atoms with Crippen molar-refractivity contribution in [1.29, 1.82) is 0 Å². The Labute approximate surface area is 161 Å². The van der Waals surface area contributed by atoms with Crippen LogP contribution in [0.2, 0.25) is 0 Å². The van der Waals surface area contributed by atoms with E-state index in [1.54, 1.807) is 0 Å². The highest BCUT2D eigenvalue weighted by Gasteiger charge is 2.29. The molecule has 1 aromatic carbocycles. The number of carbonyl (C=O) groups excluding carboxylic acids is 3. The van der Waals surface area contributed by atoms with Gasteiger partial charge in [0, 0.05) is 16.9 Å². The molecule has 7 nitrogen and oxygen atoms in total. The fraction of sp³-hybridized carbons (Fsp3) is 0.368. The molecule has 3 N–H and O–H groups in total. The van der Waals surface area contributed by atoms with Gasteiger partial charge in [-0.15, -0.1) is 11.3 Å². The zero-order valence-electron chi connectivity index (χ0n) is 15.3. The van der Waals surface area contributed by atoms with Crippen LogP contribution in [0.15, 0.2) is 24.3 Å². The van der Waals surface area contributed by atoms with E-state index in [4.69, 9.17) is 0 Å². The van der Waals surface area contributed by atoms with Crippen molar-refractivity contribution in [2.24, 2.45) is 0 Å². The van der Waals surface area contributed by atoms with Crippen molar-refractivity contribution in [3.8, 4) is 11.3 Å². The van der Waals surface area contributed by atoms with Crippen LogP contribution < -0.4 is 16.0 Å². The molecule has 1 saturated heterocycles. The Morgan fingerprint density at radius 1 is 1.26 bits per heavy atom. The first-order valence-electron chi connectivity index (χ1n) is 8.94. The minimum Gasteiger partial charge on any atom is -0.326 e. The first-order valence-corrected chi connectivity index (χ1v) is 9.76. The molecule has 27 heavy (non-hydrogen) atoms. The van der Waals surface area contributed by atoms with E-state index in [1.165, 1.54) is 16.9 Å². The number of anilines is 1. The molecule has 1 fully saturated rings. The number of hydrogen-bond acceptors (Lipinski definition) is 5. The maximum absolute atomic E-state index is 12.1. The van der Waals surface area contributed by atoms with Gasteiger partial charge in [0.2, 0.25) is 5.91 Å². The van der Waals surface area contributed by atoms with Crippen LogP contribution in [0.25, 0.3) is 11.3 Å². The van der Waals surface area contributed by atoms with E-state index in [9.17, 15) is 14.4 Å². The molecule has 1 atom stereocenters. The summed E-state index contributed by atoms with van der Waals surface area (Å²) in [6, 6.07) is 7.15. The smallest absolute Gasteiger partial charge is 0.322 e. The number of rotatable bonds is 7. The van der Waals surface area contributed by atoms with Crippen LogP contribution in [0.4, 0.5) is 9.93 Å². The standard InChI is InChI=1S/C19H22N4O3S/c1-3-4-12-5-7-13(8-6-12)16-11(2)27-19(22-16)21-15(24)10-9-14-17(25)23-18(26)20-14/h5-8,14H,3-4,9-10H2,1-2H3,(H,21,22,24)(H2,20,23,25,26)/t14-/m1/s1. The molecule has 0 aliphatic carbocycles. The van der Waals surface area contributed by atoms with Crippen molar-refractivity contribution in [2.45, 2.75) is 45.6 Å². The summed E-state index contributed by atoms with van der Waals surface area (Å²) in [5.74, 6) is -0.630. The van der Waals surface area contributed by atoms with Crippen molar-refractivity contribution >= 4 is 34.3 Å². The van der Waals surface area contributed by atoms with E-state index in [0.29, 0.717) is 5.13 Å². The number of carbonyl (C=O) groups is 3. The summed E-state index contributed by atoms with van der Waals surface area (Å²) >= 11 is 1.42. The minimum atomic E-state index is -0.654. The normalized spacial score (nSPS) is 16.1. The number of hydrogen-bond donors (Lipinski definition) is 3. The van der Waals surface area contributed by atoms with Crippen molar-refractivity contribution in [2.75, 3.05) is 5.32 Å². The molecule has 8 heteroatoms. The van der Waals surface area contributed by atoms with Crippen LogP contribution in [0.3, 0.4) is 0 Å². The summed E-state index contributed by atoms with van der Waals surface area (Å²) in [4.78, 5) is 40.3.